The first-order valence-corrected chi connectivity index (χ1v) is 16.0. The van der Waals surface area contributed by atoms with Crippen molar-refractivity contribution in [3.05, 3.63) is 0 Å². The van der Waals surface area contributed by atoms with Gasteiger partial charge in [0.25, 0.3) is 0 Å². The van der Waals surface area contributed by atoms with E-state index in [4.69, 9.17) is 0 Å². The van der Waals surface area contributed by atoms with Crippen molar-refractivity contribution in [1.29, 1.82) is 0 Å². The summed E-state index contributed by atoms with van der Waals surface area (Å²) in [6, 6.07) is 0. The Hall–Kier alpha value is 2.45. The summed E-state index contributed by atoms with van der Waals surface area (Å²) in [6.45, 7) is 0. The Labute approximate surface area is 163 Å². The van der Waals surface area contributed by atoms with Crippen molar-refractivity contribution in [3.63, 3.8) is 0 Å². The zero-order valence-corrected chi connectivity index (χ0v) is 21.7. The fourth-order valence-corrected chi connectivity index (χ4v) is 0. The highest BCUT2D eigenvalue weighted by Gasteiger charge is 1.34. The Morgan fingerprint density at radius 3 is 0.300 bits per heavy atom. The Morgan fingerprint density at radius 2 is 0.300 bits per heavy atom. The van der Waals surface area contributed by atoms with Crippen molar-refractivity contribution in [3.8, 4) is 0 Å². The van der Waals surface area contributed by atoms with Crippen LogP contribution in [0.1, 0.15) is 0 Å². The minimum Gasteiger partial charge on any atom is -0.183 e. The molecule has 0 saturated heterocycles. The van der Waals surface area contributed by atoms with Crippen LogP contribution >= 0.6 is 83.2 Å². The molecule has 0 fully saturated rings. The van der Waals surface area contributed by atoms with Crippen molar-refractivity contribution in [2.24, 2.45) is 0 Å². The van der Waals surface area contributed by atoms with Crippen LogP contribution in [0, 0.1) is 0 Å². The molecule has 0 atom stereocenters. The molecule has 0 unspecified atom stereocenters. The average Bonchev–Trinajstić information content (AvgIpc) is 2.36. The first kappa shape index (κ1) is 43.3. The molecule has 0 spiro atoms. The molecule has 0 aromatic carbocycles. The first-order chi connectivity index (χ1) is 9.49. The van der Waals surface area contributed by atoms with E-state index in [0.717, 1.165) is 0 Å². The maximum atomic E-state index is 3.53. The fourth-order valence-electron chi connectivity index (χ4n) is 0. The predicted octanol–water partition coefficient (Wildman–Crippen LogP) is 6.42. The molecular weight excluding hydrogens is 381 g/mol. The summed E-state index contributed by atoms with van der Waals surface area (Å²) in [4.78, 5) is 0. The molecule has 0 amide bonds. The van der Waals surface area contributed by atoms with Crippen molar-refractivity contribution in [2.75, 3.05) is 81.3 Å². The largest absolute Gasteiger partial charge is 0.183 e. The number of hydrogen-bond acceptors (Lipinski definition) is 7. The summed E-state index contributed by atoms with van der Waals surface area (Å²) < 4.78 is 0. The summed E-state index contributed by atoms with van der Waals surface area (Å²) in [5.41, 5.74) is 0. The normalized spacial score (nSPS) is 5.70. The van der Waals surface area contributed by atoms with Gasteiger partial charge in [0.2, 0.25) is 0 Å². The second-order valence-electron chi connectivity index (χ2n) is 2.45. The molecule has 7 heteroatoms. The lowest BCUT2D eigenvalue weighted by molar-refractivity contribution is 2.37. The van der Waals surface area contributed by atoms with Gasteiger partial charge in [-0.25, -0.2) is 0 Å². The molecule has 0 aromatic rings. The molecule has 0 aliphatic heterocycles. The van der Waals surface area contributed by atoms with Crippen LogP contribution in [0.15, 0.2) is 0 Å². The molecule has 0 nitrogen and oxygen atoms in total. The first-order valence-electron chi connectivity index (χ1n) is 5.35. The Bertz CT molecular complexity index is 34.2. The van der Waals surface area contributed by atoms with Gasteiger partial charge in [-0.2, -0.15) is 83.2 Å². The van der Waals surface area contributed by atoms with Gasteiger partial charge in [-0.1, -0.05) is 0 Å². The van der Waals surface area contributed by atoms with E-state index < -0.39 is 0 Å². The van der Waals surface area contributed by atoms with Crippen LogP contribution in [0.3, 0.4) is 0 Å². The van der Waals surface area contributed by atoms with Crippen LogP contribution in [0.2, 0.25) is 0 Å². The zero-order chi connectivity index (χ0) is 18.2. The smallest absolute Gasteiger partial charge is 0.0187 e. The summed E-state index contributed by atoms with van der Waals surface area (Å²) in [7, 11) is 0. The van der Waals surface area contributed by atoms with E-state index in [0.29, 0.717) is 0 Å². The standard InChI is InChI=1S/6C2H6S.CH4S/c6*1-3-2;1-2/h6*1-2H3;2H,1H3. The molecule has 0 rings (SSSR count). The second-order valence-corrected chi connectivity index (χ2v) is 7.35. The molecular formula is C13H40S7. The van der Waals surface area contributed by atoms with Crippen molar-refractivity contribution in [1.82, 2.24) is 0 Å². The third-order valence-electron chi connectivity index (χ3n) is 0. The SMILES string of the molecule is CS.CSC.CSC.CSC.CSC.CSC.CSC. The summed E-state index contributed by atoms with van der Waals surface area (Å²) in [6.07, 6.45) is 26.2. The Kier molecular flexibility index (Phi) is 272. The number of thiol groups is 1. The van der Waals surface area contributed by atoms with Crippen molar-refractivity contribution in [2.45, 2.75) is 0 Å². The highest BCUT2D eigenvalue weighted by atomic mass is 32.2. The molecule has 134 valence electrons. The van der Waals surface area contributed by atoms with E-state index in [1.807, 2.05) is 75.1 Å². The van der Waals surface area contributed by atoms with Gasteiger partial charge in [-0.15, -0.1) is 0 Å². The minimum absolute atomic E-state index is 1.69. The maximum absolute atomic E-state index is 3.53. The molecule has 0 aromatic heterocycles. The van der Waals surface area contributed by atoms with Crippen LogP contribution in [-0.2, 0) is 0 Å². The van der Waals surface area contributed by atoms with Crippen LogP contribution < -0.4 is 0 Å². The third kappa shape index (κ3) is 1290. The lowest BCUT2D eigenvalue weighted by Crippen LogP contribution is -1.25. The predicted molar refractivity (Wildman–Crippen MR) is 132 cm³/mol. The molecule has 0 heterocycles. The van der Waals surface area contributed by atoms with Crippen LogP contribution in [0.25, 0.3) is 0 Å². The third-order valence-corrected chi connectivity index (χ3v) is 0. The summed E-state index contributed by atoms with van der Waals surface area (Å²) in [5, 5.41) is 0. The number of rotatable bonds is 0. The van der Waals surface area contributed by atoms with Gasteiger partial charge >= 0.3 is 0 Å². The second kappa shape index (κ2) is 126. The van der Waals surface area contributed by atoms with Gasteiger partial charge in [0, 0.05) is 0 Å². The highest BCUT2D eigenvalue weighted by Crippen LogP contribution is 1.71. The van der Waals surface area contributed by atoms with Crippen molar-refractivity contribution >= 4 is 83.2 Å². The molecule has 0 radical (unpaired) electrons. The van der Waals surface area contributed by atoms with Gasteiger partial charge in [0.05, 0.1) is 0 Å². The highest BCUT2D eigenvalue weighted by molar-refractivity contribution is 7.98. The van der Waals surface area contributed by atoms with E-state index in [1.54, 1.807) is 76.8 Å². The zero-order valence-electron chi connectivity index (χ0n) is 15.9. The number of thioether (sulfide) groups is 6. The summed E-state index contributed by atoms with van der Waals surface area (Å²) in [5.74, 6) is 0. The van der Waals surface area contributed by atoms with Gasteiger partial charge in [0.1, 0.15) is 0 Å². The lowest BCUT2D eigenvalue weighted by atomic mass is 11.9. The van der Waals surface area contributed by atoms with Gasteiger partial charge in [-0.3, -0.25) is 0 Å². The quantitative estimate of drug-likeness (QED) is 0.446. The Morgan fingerprint density at radius 1 is 0.300 bits per heavy atom. The molecule has 20 heavy (non-hydrogen) atoms. The van der Waals surface area contributed by atoms with Crippen LogP contribution in [0.4, 0.5) is 0 Å². The molecule has 0 aliphatic rings. The maximum Gasteiger partial charge on any atom is -0.0187 e. The fraction of sp³-hybridized carbons (Fsp3) is 1.00. The monoisotopic (exact) mass is 420 g/mol. The van der Waals surface area contributed by atoms with E-state index in [1.165, 1.54) is 0 Å². The molecule has 0 aliphatic carbocycles. The molecule has 0 N–H and O–H groups in total. The van der Waals surface area contributed by atoms with E-state index in [2.05, 4.69) is 12.6 Å². The van der Waals surface area contributed by atoms with E-state index in [-0.39, 0.29) is 0 Å². The average molecular weight is 421 g/mol. The van der Waals surface area contributed by atoms with Gasteiger partial charge in [-0.05, 0) is 81.3 Å². The minimum atomic E-state index is 1.69. The topological polar surface area (TPSA) is 0 Å². The van der Waals surface area contributed by atoms with Crippen LogP contribution in [0.5, 0.6) is 0 Å². The lowest BCUT2D eigenvalue weighted by Gasteiger charge is -1.51. The van der Waals surface area contributed by atoms with Crippen LogP contribution in [-0.4, -0.2) is 81.3 Å². The van der Waals surface area contributed by atoms with Crippen molar-refractivity contribution < 1.29 is 0 Å². The van der Waals surface area contributed by atoms with Gasteiger partial charge in [0.15, 0.2) is 0 Å². The van der Waals surface area contributed by atoms with Gasteiger partial charge < -0.3 is 0 Å². The van der Waals surface area contributed by atoms with E-state index in [9.17, 15) is 0 Å². The summed E-state index contributed by atoms with van der Waals surface area (Å²) >= 11 is 14.0. The Balaban J connectivity index is -0.0000000198. The van der Waals surface area contributed by atoms with E-state index >= 15 is 0 Å². The number of hydrogen-bond donors (Lipinski definition) is 1. The molecule has 0 saturated carbocycles. The molecule has 0 bridgehead atoms.